The fourth-order valence-corrected chi connectivity index (χ4v) is 1.61. The van der Waals surface area contributed by atoms with Crippen LogP contribution in [-0.2, 0) is 6.42 Å². The fraction of sp³-hybridized carbons (Fsp3) is 0.308. The molecule has 2 N–H and O–H groups in total. The Labute approximate surface area is 111 Å². The maximum absolute atomic E-state index is 13.5. The van der Waals surface area contributed by atoms with Gasteiger partial charge in [-0.05, 0) is 31.0 Å². The number of aromatic nitrogens is 3. The Morgan fingerprint density at radius 1 is 1.21 bits per heavy atom. The molecule has 0 amide bonds. The number of anilines is 2. The van der Waals surface area contributed by atoms with Crippen molar-refractivity contribution in [2.75, 3.05) is 23.7 Å². The van der Waals surface area contributed by atoms with E-state index in [9.17, 15) is 4.39 Å². The summed E-state index contributed by atoms with van der Waals surface area (Å²) < 4.78 is 13.5. The van der Waals surface area contributed by atoms with Crippen molar-refractivity contribution in [1.82, 2.24) is 15.0 Å². The molecule has 0 atom stereocenters. The molecule has 19 heavy (non-hydrogen) atoms. The molecule has 100 valence electrons. The van der Waals surface area contributed by atoms with Gasteiger partial charge in [-0.15, -0.1) is 0 Å². The van der Waals surface area contributed by atoms with E-state index in [1.54, 1.807) is 12.4 Å². The molecule has 0 aliphatic heterocycles. The van der Waals surface area contributed by atoms with Crippen LogP contribution in [0.2, 0.25) is 0 Å². The highest BCUT2D eigenvalue weighted by molar-refractivity contribution is 5.41. The lowest BCUT2D eigenvalue weighted by atomic mass is 10.2. The summed E-state index contributed by atoms with van der Waals surface area (Å²) in [6, 6.07) is 3.87. The highest BCUT2D eigenvalue weighted by atomic mass is 19.1. The van der Waals surface area contributed by atoms with Crippen LogP contribution in [0.3, 0.4) is 0 Å². The average Bonchev–Trinajstić information content (AvgIpc) is 2.44. The third kappa shape index (κ3) is 3.87. The molecular weight excluding hydrogens is 245 g/mol. The van der Waals surface area contributed by atoms with Gasteiger partial charge in [-0.25, -0.2) is 9.37 Å². The molecule has 0 radical (unpaired) electrons. The quantitative estimate of drug-likeness (QED) is 0.833. The van der Waals surface area contributed by atoms with Crippen molar-refractivity contribution in [2.24, 2.45) is 0 Å². The summed E-state index contributed by atoms with van der Waals surface area (Å²) in [6.07, 6.45) is 5.43. The SMILES string of the molecule is CCNc1ncc(F)c(NCCc2ccncc2)n1. The summed E-state index contributed by atoms with van der Waals surface area (Å²) in [5, 5.41) is 5.92. The van der Waals surface area contributed by atoms with E-state index < -0.39 is 5.82 Å². The van der Waals surface area contributed by atoms with Crippen LogP contribution in [0.15, 0.2) is 30.7 Å². The van der Waals surface area contributed by atoms with Crippen LogP contribution in [0, 0.1) is 5.82 Å². The molecule has 6 heteroatoms. The summed E-state index contributed by atoms with van der Waals surface area (Å²) >= 11 is 0. The van der Waals surface area contributed by atoms with Gasteiger partial charge in [-0.2, -0.15) is 4.98 Å². The summed E-state index contributed by atoms with van der Waals surface area (Å²) in [6.45, 7) is 3.23. The van der Waals surface area contributed by atoms with Gasteiger partial charge in [-0.3, -0.25) is 4.98 Å². The standard InChI is InChI=1S/C13H16FN5/c1-2-16-13-18-9-11(14)12(19-13)17-8-5-10-3-6-15-7-4-10/h3-4,6-7,9H,2,5,8H2,1H3,(H2,16,17,18,19). The van der Waals surface area contributed by atoms with Gasteiger partial charge in [0.15, 0.2) is 11.6 Å². The second-order valence-electron chi connectivity index (χ2n) is 3.95. The smallest absolute Gasteiger partial charge is 0.224 e. The van der Waals surface area contributed by atoms with Crippen molar-refractivity contribution in [2.45, 2.75) is 13.3 Å². The van der Waals surface area contributed by atoms with Gasteiger partial charge in [0.25, 0.3) is 0 Å². The molecule has 0 fully saturated rings. The molecule has 0 aromatic carbocycles. The number of halogens is 1. The van der Waals surface area contributed by atoms with Crippen molar-refractivity contribution < 1.29 is 4.39 Å². The van der Waals surface area contributed by atoms with Crippen molar-refractivity contribution in [3.63, 3.8) is 0 Å². The first-order chi connectivity index (χ1) is 9.29. The van der Waals surface area contributed by atoms with Crippen molar-refractivity contribution >= 4 is 11.8 Å². The number of nitrogens with zero attached hydrogens (tertiary/aromatic N) is 3. The summed E-state index contributed by atoms with van der Waals surface area (Å²) in [7, 11) is 0. The number of pyridine rings is 1. The maximum atomic E-state index is 13.5. The number of hydrogen-bond donors (Lipinski definition) is 2. The maximum Gasteiger partial charge on any atom is 0.224 e. The predicted octanol–water partition coefficient (Wildman–Crippen LogP) is 2.10. The molecule has 2 aromatic heterocycles. The first kappa shape index (κ1) is 13.2. The van der Waals surface area contributed by atoms with Gasteiger partial charge in [0.05, 0.1) is 6.20 Å². The van der Waals surface area contributed by atoms with Crippen LogP contribution >= 0.6 is 0 Å². The normalized spacial score (nSPS) is 10.2. The Bertz CT molecular complexity index is 518. The minimum absolute atomic E-state index is 0.222. The second kappa shape index (κ2) is 6.63. The Kier molecular flexibility index (Phi) is 4.60. The van der Waals surface area contributed by atoms with Crippen molar-refractivity contribution in [1.29, 1.82) is 0 Å². The number of nitrogens with one attached hydrogen (secondary N) is 2. The van der Waals surface area contributed by atoms with Crippen molar-refractivity contribution in [3.05, 3.63) is 42.1 Å². The van der Waals surface area contributed by atoms with Gasteiger partial charge in [0, 0.05) is 25.5 Å². The topological polar surface area (TPSA) is 62.7 Å². The van der Waals surface area contributed by atoms with Gasteiger partial charge >= 0.3 is 0 Å². The Balaban J connectivity index is 1.93. The lowest BCUT2D eigenvalue weighted by Gasteiger charge is -2.08. The van der Waals surface area contributed by atoms with Crippen LogP contribution in [-0.4, -0.2) is 28.0 Å². The molecule has 0 saturated heterocycles. The van der Waals surface area contributed by atoms with Crippen LogP contribution in [0.25, 0.3) is 0 Å². The first-order valence-electron chi connectivity index (χ1n) is 6.18. The minimum Gasteiger partial charge on any atom is -0.367 e. The molecule has 0 saturated carbocycles. The van der Waals surface area contributed by atoms with Crippen LogP contribution in [0.5, 0.6) is 0 Å². The Morgan fingerprint density at radius 3 is 2.74 bits per heavy atom. The lowest BCUT2D eigenvalue weighted by Crippen LogP contribution is -2.11. The molecule has 0 spiro atoms. The molecular formula is C13H16FN5. The molecule has 2 rings (SSSR count). The van der Waals surface area contributed by atoms with E-state index in [-0.39, 0.29) is 5.82 Å². The fourth-order valence-electron chi connectivity index (χ4n) is 1.61. The summed E-state index contributed by atoms with van der Waals surface area (Å²) in [5.41, 5.74) is 1.14. The van der Waals surface area contributed by atoms with E-state index in [4.69, 9.17) is 0 Å². The molecule has 2 heterocycles. The third-order valence-corrected chi connectivity index (χ3v) is 2.53. The Hall–Kier alpha value is -2.24. The Morgan fingerprint density at radius 2 is 2.00 bits per heavy atom. The van der Waals surface area contributed by atoms with E-state index in [1.165, 1.54) is 6.20 Å². The van der Waals surface area contributed by atoms with Gasteiger partial charge in [0.1, 0.15) is 0 Å². The molecule has 0 unspecified atom stereocenters. The zero-order valence-corrected chi connectivity index (χ0v) is 10.7. The molecule has 0 aliphatic carbocycles. The molecule has 5 nitrogen and oxygen atoms in total. The minimum atomic E-state index is -0.448. The van der Waals surface area contributed by atoms with E-state index in [1.807, 2.05) is 19.1 Å². The zero-order chi connectivity index (χ0) is 13.5. The van der Waals surface area contributed by atoms with E-state index in [0.29, 0.717) is 19.0 Å². The molecule has 2 aromatic rings. The van der Waals surface area contributed by atoms with Gasteiger partial charge in [0.2, 0.25) is 5.95 Å². The predicted molar refractivity (Wildman–Crippen MR) is 72.6 cm³/mol. The van der Waals surface area contributed by atoms with E-state index in [0.717, 1.165) is 12.0 Å². The number of rotatable bonds is 6. The largest absolute Gasteiger partial charge is 0.367 e. The van der Waals surface area contributed by atoms with E-state index in [2.05, 4.69) is 25.6 Å². The highest BCUT2D eigenvalue weighted by Gasteiger charge is 2.05. The lowest BCUT2D eigenvalue weighted by molar-refractivity contribution is 0.617. The molecule has 0 aliphatic rings. The summed E-state index contributed by atoms with van der Waals surface area (Å²) in [4.78, 5) is 11.9. The average molecular weight is 261 g/mol. The van der Waals surface area contributed by atoms with Crippen LogP contribution in [0.1, 0.15) is 12.5 Å². The number of hydrogen-bond acceptors (Lipinski definition) is 5. The van der Waals surface area contributed by atoms with E-state index >= 15 is 0 Å². The third-order valence-electron chi connectivity index (χ3n) is 2.53. The zero-order valence-electron chi connectivity index (χ0n) is 10.7. The molecule has 0 bridgehead atoms. The monoisotopic (exact) mass is 261 g/mol. The van der Waals surface area contributed by atoms with Gasteiger partial charge in [-0.1, -0.05) is 0 Å². The summed E-state index contributed by atoms with van der Waals surface area (Å²) in [5.74, 6) is 0.201. The van der Waals surface area contributed by atoms with Gasteiger partial charge < -0.3 is 10.6 Å². The highest BCUT2D eigenvalue weighted by Crippen LogP contribution is 2.11. The van der Waals surface area contributed by atoms with Crippen LogP contribution < -0.4 is 10.6 Å². The van der Waals surface area contributed by atoms with Crippen LogP contribution in [0.4, 0.5) is 16.2 Å². The first-order valence-corrected chi connectivity index (χ1v) is 6.18. The second-order valence-corrected chi connectivity index (χ2v) is 3.95. The van der Waals surface area contributed by atoms with Crippen molar-refractivity contribution in [3.8, 4) is 0 Å².